The van der Waals surface area contributed by atoms with Gasteiger partial charge in [0, 0.05) is 59.4 Å². The summed E-state index contributed by atoms with van der Waals surface area (Å²) in [7, 11) is 3.74. The molecular weight excluding hydrogens is 582 g/mol. The van der Waals surface area contributed by atoms with E-state index in [4.69, 9.17) is 4.74 Å². The number of hydrogen-bond donors (Lipinski definition) is 2. The minimum atomic E-state index is -0.328. The smallest absolute Gasteiger partial charge is 0.248 e. The van der Waals surface area contributed by atoms with Crippen LogP contribution in [0.3, 0.4) is 0 Å². The van der Waals surface area contributed by atoms with Crippen molar-refractivity contribution >= 4 is 49.8 Å². The molecule has 0 saturated heterocycles. The van der Waals surface area contributed by atoms with Crippen LogP contribution in [-0.2, 0) is 16.6 Å². The Bertz CT molecular complexity index is 1970. The van der Waals surface area contributed by atoms with E-state index in [2.05, 4.69) is 46.8 Å². The highest BCUT2D eigenvalue weighted by atomic mass is 32.1. The lowest BCUT2D eigenvalue weighted by atomic mass is 9.93. The van der Waals surface area contributed by atoms with Gasteiger partial charge < -0.3 is 19.9 Å². The molecule has 2 N–H and O–H groups in total. The average molecular weight is 618 g/mol. The zero-order valence-corrected chi connectivity index (χ0v) is 26.4. The molecule has 1 aliphatic carbocycles. The largest absolute Gasteiger partial charge is 0.381 e. The van der Waals surface area contributed by atoms with E-state index >= 15 is 0 Å². The maximum absolute atomic E-state index is 13.7. The highest BCUT2D eigenvalue weighted by molar-refractivity contribution is 7.18. The SMILES string of the molecule is COC1CCC(NC/C=C/C(=O)Nc2ccc(C(=O)c3csc4c(-c5cc6ncn(C)c6cc5C)cccc34)cc2C#N)CC1. The van der Waals surface area contributed by atoms with Crippen molar-refractivity contribution in [2.75, 3.05) is 19.0 Å². The molecule has 45 heavy (non-hydrogen) atoms. The number of rotatable bonds is 9. The number of benzene rings is 3. The van der Waals surface area contributed by atoms with Crippen LogP contribution in [-0.4, -0.2) is 47.0 Å². The van der Waals surface area contributed by atoms with Crippen molar-refractivity contribution in [2.45, 2.75) is 44.8 Å². The lowest BCUT2D eigenvalue weighted by Gasteiger charge is -2.27. The van der Waals surface area contributed by atoms with E-state index in [9.17, 15) is 14.9 Å². The Morgan fingerprint density at radius 3 is 2.73 bits per heavy atom. The molecular formula is C36H35N5O3S. The number of aromatic nitrogens is 2. The molecule has 1 fully saturated rings. The average Bonchev–Trinajstić information content (AvgIpc) is 3.66. The number of hydrogen-bond acceptors (Lipinski definition) is 7. The number of aryl methyl sites for hydroxylation is 2. The van der Waals surface area contributed by atoms with E-state index in [0.717, 1.165) is 63.5 Å². The topological polar surface area (TPSA) is 109 Å². The minimum absolute atomic E-state index is 0.171. The predicted molar refractivity (Wildman–Crippen MR) is 180 cm³/mol. The predicted octanol–water partition coefficient (Wildman–Crippen LogP) is 6.91. The number of imidazole rings is 1. The third kappa shape index (κ3) is 6.31. The van der Waals surface area contributed by atoms with E-state index in [1.807, 2.05) is 35.5 Å². The number of ether oxygens (including phenoxy) is 1. The molecule has 8 nitrogen and oxygen atoms in total. The Kier molecular flexibility index (Phi) is 8.90. The Morgan fingerprint density at radius 1 is 1.13 bits per heavy atom. The van der Waals surface area contributed by atoms with Crippen LogP contribution in [0.1, 0.15) is 52.7 Å². The maximum Gasteiger partial charge on any atom is 0.248 e. The second-order valence-electron chi connectivity index (χ2n) is 11.6. The summed E-state index contributed by atoms with van der Waals surface area (Å²) in [5.41, 5.74) is 6.84. The van der Waals surface area contributed by atoms with Crippen LogP contribution < -0.4 is 10.6 Å². The van der Waals surface area contributed by atoms with Crippen LogP contribution >= 0.6 is 11.3 Å². The standard InChI is InChI=1S/C36H35N5O3S/c1-22-16-33-32(39-21-41(33)2)18-29(22)27-6-4-7-28-30(20-45-36(27)28)35(43)23-9-14-31(24(17-23)19-37)40-34(42)8-5-15-38-25-10-12-26(44-3)13-11-25/h4-9,14,16-18,20-21,25-26,38H,10-13,15H2,1-3H3,(H,40,42)/b8-5+. The molecule has 1 amide bonds. The van der Waals surface area contributed by atoms with Gasteiger partial charge >= 0.3 is 0 Å². The van der Waals surface area contributed by atoms with Crippen LogP contribution in [0.5, 0.6) is 0 Å². The number of nitrogens with one attached hydrogen (secondary N) is 2. The summed E-state index contributed by atoms with van der Waals surface area (Å²) in [6.45, 7) is 2.67. The first-order valence-corrected chi connectivity index (χ1v) is 16.0. The van der Waals surface area contributed by atoms with Gasteiger partial charge in [0.1, 0.15) is 6.07 Å². The molecule has 3 aromatic carbocycles. The summed E-state index contributed by atoms with van der Waals surface area (Å²) in [4.78, 5) is 30.8. The van der Waals surface area contributed by atoms with Crippen molar-refractivity contribution in [2.24, 2.45) is 7.05 Å². The molecule has 1 aliphatic rings. The van der Waals surface area contributed by atoms with E-state index in [1.165, 1.54) is 17.4 Å². The number of fused-ring (bicyclic) bond motifs is 2. The number of nitrogens with zero attached hydrogens (tertiary/aromatic N) is 3. The fourth-order valence-corrected chi connectivity index (χ4v) is 7.21. The molecule has 2 aromatic heterocycles. The molecule has 1 saturated carbocycles. The van der Waals surface area contributed by atoms with Crippen molar-refractivity contribution in [3.05, 3.63) is 94.6 Å². The summed E-state index contributed by atoms with van der Waals surface area (Å²) in [5, 5.41) is 18.8. The number of methoxy groups -OCH3 is 1. The highest BCUT2D eigenvalue weighted by Gasteiger charge is 2.21. The number of nitriles is 1. The fraction of sp³-hybridized carbons (Fsp3) is 0.278. The number of anilines is 1. The lowest BCUT2D eigenvalue weighted by Crippen LogP contribution is -2.35. The number of thiophene rings is 1. The van der Waals surface area contributed by atoms with Crippen molar-refractivity contribution < 1.29 is 14.3 Å². The summed E-state index contributed by atoms with van der Waals surface area (Å²) in [6, 6.07) is 17.6. The van der Waals surface area contributed by atoms with E-state index in [0.29, 0.717) is 35.5 Å². The second kappa shape index (κ2) is 13.2. The molecule has 0 aliphatic heterocycles. The molecule has 0 unspecified atom stereocenters. The second-order valence-corrected chi connectivity index (χ2v) is 12.4. The van der Waals surface area contributed by atoms with Crippen LogP contribution in [0.15, 0.2) is 72.4 Å². The van der Waals surface area contributed by atoms with Gasteiger partial charge in [0.2, 0.25) is 5.91 Å². The fourth-order valence-electron chi connectivity index (χ4n) is 6.13. The van der Waals surface area contributed by atoms with Crippen LogP contribution in [0.2, 0.25) is 0 Å². The van der Waals surface area contributed by atoms with Crippen molar-refractivity contribution in [1.29, 1.82) is 5.26 Å². The molecule has 0 spiro atoms. The Hall–Kier alpha value is -4.62. The molecule has 0 atom stereocenters. The molecule has 6 rings (SSSR count). The van der Waals surface area contributed by atoms with Crippen LogP contribution in [0.25, 0.3) is 32.2 Å². The number of ketones is 1. The normalized spacial score (nSPS) is 16.8. The quantitative estimate of drug-likeness (QED) is 0.137. The summed E-state index contributed by atoms with van der Waals surface area (Å²) >= 11 is 1.53. The third-order valence-corrected chi connectivity index (χ3v) is 9.70. The van der Waals surface area contributed by atoms with Gasteiger partial charge in [-0.1, -0.05) is 24.3 Å². The lowest BCUT2D eigenvalue weighted by molar-refractivity contribution is -0.111. The van der Waals surface area contributed by atoms with E-state index < -0.39 is 0 Å². The summed E-state index contributed by atoms with van der Waals surface area (Å²) in [6.07, 6.45) is 9.61. The first kappa shape index (κ1) is 30.4. The third-order valence-electron chi connectivity index (χ3n) is 8.67. The number of carbonyl (C=O) groups is 2. The Balaban J connectivity index is 1.16. The molecule has 2 heterocycles. The van der Waals surface area contributed by atoms with Gasteiger partial charge in [0.25, 0.3) is 0 Å². The van der Waals surface area contributed by atoms with Gasteiger partial charge in [-0.05, 0) is 79.6 Å². The summed E-state index contributed by atoms with van der Waals surface area (Å²) in [5.74, 6) is -0.499. The molecule has 5 aromatic rings. The van der Waals surface area contributed by atoms with E-state index in [-0.39, 0.29) is 17.3 Å². The first-order valence-electron chi connectivity index (χ1n) is 15.1. The molecule has 0 bridgehead atoms. The Labute approximate surface area is 266 Å². The van der Waals surface area contributed by atoms with Gasteiger partial charge in [0.05, 0.1) is 34.7 Å². The minimum Gasteiger partial charge on any atom is -0.381 e. The van der Waals surface area contributed by atoms with E-state index in [1.54, 1.807) is 31.4 Å². The van der Waals surface area contributed by atoms with Gasteiger partial charge in [0.15, 0.2) is 5.78 Å². The van der Waals surface area contributed by atoms with Gasteiger partial charge in [-0.25, -0.2) is 4.98 Å². The van der Waals surface area contributed by atoms with Crippen LogP contribution in [0, 0.1) is 18.3 Å². The zero-order chi connectivity index (χ0) is 31.5. The van der Waals surface area contributed by atoms with Gasteiger partial charge in [-0.15, -0.1) is 11.3 Å². The van der Waals surface area contributed by atoms with Crippen molar-refractivity contribution in [1.82, 2.24) is 14.9 Å². The Morgan fingerprint density at radius 2 is 1.96 bits per heavy atom. The number of carbonyl (C=O) groups excluding carboxylic acids is 2. The number of amides is 1. The van der Waals surface area contributed by atoms with Crippen molar-refractivity contribution in [3.63, 3.8) is 0 Å². The van der Waals surface area contributed by atoms with Gasteiger partial charge in [-0.3, -0.25) is 9.59 Å². The maximum atomic E-state index is 13.7. The van der Waals surface area contributed by atoms with Gasteiger partial charge in [-0.2, -0.15) is 5.26 Å². The highest BCUT2D eigenvalue weighted by Crippen LogP contribution is 2.38. The van der Waals surface area contributed by atoms with Crippen LogP contribution in [0.4, 0.5) is 5.69 Å². The van der Waals surface area contributed by atoms with Crippen molar-refractivity contribution in [3.8, 4) is 17.2 Å². The zero-order valence-electron chi connectivity index (χ0n) is 25.6. The molecule has 9 heteroatoms. The summed E-state index contributed by atoms with van der Waals surface area (Å²) < 4.78 is 8.45. The molecule has 228 valence electrons. The monoisotopic (exact) mass is 617 g/mol. The molecule has 0 radical (unpaired) electrons. The first-order chi connectivity index (χ1) is 21.9.